The Labute approximate surface area is 202 Å². The van der Waals surface area contributed by atoms with Gasteiger partial charge in [-0.1, -0.05) is 35.8 Å². The molecule has 5 rings (SSSR count). The largest absolute Gasteiger partial charge is 0.339 e. The number of pyridine rings is 1. The summed E-state index contributed by atoms with van der Waals surface area (Å²) in [6.07, 6.45) is 7.59. The van der Waals surface area contributed by atoms with Crippen molar-refractivity contribution in [3.8, 4) is 0 Å². The lowest BCUT2D eigenvalue weighted by atomic mass is 10.1. The van der Waals surface area contributed by atoms with E-state index in [1.807, 2.05) is 31.2 Å². The predicted molar refractivity (Wildman–Crippen MR) is 130 cm³/mol. The first-order chi connectivity index (χ1) is 16.6. The van der Waals surface area contributed by atoms with Crippen LogP contribution in [0, 0.1) is 0 Å². The molecule has 1 saturated heterocycles. The van der Waals surface area contributed by atoms with Gasteiger partial charge in [0.25, 0.3) is 5.56 Å². The molecule has 9 heteroatoms. The van der Waals surface area contributed by atoms with Crippen molar-refractivity contribution in [2.45, 2.75) is 51.6 Å². The summed E-state index contributed by atoms with van der Waals surface area (Å²) < 4.78 is 6.98. The van der Waals surface area contributed by atoms with Gasteiger partial charge < -0.3 is 4.52 Å². The van der Waals surface area contributed by atoms with Crippen molar-refractivity contribution in [1.82, 2.24) is 29.8 Å². The lowest BCUT2D eigenvalue weighted by Gasteiger charge is -2.24. The van der Waals surface area contributed by atoms with E-state index in [-0.39, 0.29) is 11.6 Å². The van der Waals surface area contributed by atoms with E-state index in [9.17, 15) is 4.79 Å². The molecule has 1 unspecified atom stereocenters. The van der Waals surface area contributed by atoms with E-state index in [4.69, 9.17) is 21.2 Å². The van der Waals surface area contributed by atoms with E-state index < -0.39 is 0 Å². The van der Waals surface area contributed by atoms with Crippen LogP contribution in [0.2, 0.25) is 5.02 Å². The highest BCUT2D eigenvalue weighted by atomic mass is 35.5. The first-order valence-corrected chi connectivity index (χ1v) is 12.1. The number of hydrogen-bond acceptors (Lipinski definition) is 7. The molecule has 0 amide bonds. The molecule has 0 spiro atoms. The van der Waals surface area contributed by atoms with Crippen LogP contribution < -0.4 is 5.56 Å². The smallest absolute Gasteiger partial charge is 0.274 e. The number of nitrogens with zero attached hydrogens (tertiary/aromatic N) is 6. The van der Waals surface area contributed by atoms with Gasteiger partial charge in [-0.2, -0.15) is 10.1 Å². The van der Waals surface area contributed by atoms with Crippen molar-refractivity contribution in [2.24, 2.45) is 0 Å². The number of hydrogen-bond donors (Lipinski definition) is 0. The molecule has 0 N–H and O–H groups in total. The third kappa shape index (κ3) is 4.88. The Morgan fingerprint density at radius 3 is 2.82 bits per heavy atom. The fourth-order valence-electron chi connectivity index (χ4n) is 4.62. The van der Waals surface area contributed by atoms with Crippen LogP contribution in [0.1, 0.15) is 42.7 Å². The van der Waals surface area contributed by atoms with Crippen LogP contribution in [-0.4, -0.2) is 48.9 Å². The SMILES string of the molecule is CCc1noc(CCN2CCCC2Cn2nc(Cc3ccc(Cl)cc3)c3cnccc3c2=O)n1. The standard InChI is InChI=1S/C25H27ClN6O2/c1-2-23-28-24(34-30-23)10-13-31-12-3-4-19(31)16-32-25(33)20-9-11-27-15-21(20)22(29-32)14-17-5-7-18(26)8-6-17/h5-9,11,15,19H,2-4,10,12-14,16H2,1H3. The highest BCUT2D eigenvalue weighted by Gasteiger charge is 2.26. The number of rotatable bonds is 8. The Hall–Kier alpha value is -3.10. The molecule has 0 saturated carbocycles. The molecule has 1 aromatic carbocycles. The molecule has 0 bridgehead atoms. The molecule has 1 fully saturated rings. The Morgan fingerprint density at radius 2 is 2.03 bits per heavy atom. The number of fused-ring (bicyclic) bond motifs is 1. The number of likely N-dealkylation sites (tertiary alicyclic amines) is 1. The molecule has 176 valence electrons. The second-order valence-electron chi connectivity index (χ2n) is 8.70. The number of aryl methyl sites for hydroxylation is 1. The van der Waals surface area contributed by atoms with E-state index in [1.165, 1.54) is 0 Å². The van der Waals surface area contributed by atoms with E-state index in [0.29, 0.717) is 35.7 Å². The third-order valence-corrected chi connectivity index (χ3v) is 6.70. The van der Waals surface area contributed by atoms with Crippen LogP contribution in [0.15, 0.2) is 52.0 Å². The molecular formula is C25H27ClN6O2. The minimum atomic E-state index is -0.0754. The summed E-state index contributed by atoms with van der Waals surface area (Å²) in [7, 11) is 0. The van der Waals surface area contributed by atoms with Crippen LogP contribution in [0.3, 0.4) is 0 Å². The van der Waals surface area contributed by atoms with E-state index in [2.05, 4.69) is 20.0 Å². The van der Waals surface area contributed by atoms with Gasteiger partial charge in [0.15, 0.2) is 5.82 Å². The first kappa shape index (κ1) is 22.7. The fraction of sp³-hybridized carbons (Fsp3) is 0.400. The van der Waals surface area contributed by atoms with E-state index >= 15 is 0 Å². The van der Waals surface area contributed by atoms with Gasteiger partial charge in [0.1, 0.15) is 0 Å². The monoisotopic (exact) mass is 478 g/mol. The molecule has 1 aliphatic heterocycles. The summed E-state index contributed by atoms with van der Waals surface area (Å²) in [6.45, 7) is 4.37. The lowest BCUT2D eigenvalue weighted by Crippen LogP contribution is -2.38. The number of aromatic nitrogens is 5. The maximum Gasteiger partial charge on any atom is 0.274 e. The zero-order chi connectivity index (χ0) is 23.5. The van der Waals surface area contributed by atoms with Gasteiger partial charge >= 0.3 is 0 Å². The van der Waals surface area contributed by atoms with Crippen LogP contribution in [-0.2, 0) is 25.8 Å². The van der Waals surface area contributed by atoms with Crippen LogP contribution in [0.25, 0.3) is 10.8 Å². The second kappa shape index (κ2) is 10.0. The molecule has 4 aromatic rings. The van der Waals surface area contributed by atoms with Gasteiger partial charge in [-0.3, -0.25) is 14.7 Å². The molecule has 1 atom stereocenters. The minimum Gasteiger partial charge on any atom is -0.339 e. The van der Waals surface area contributed by atoms with Gasteiger partial charge in [0.2, 0.25) is 5.89 Å². The summed E-state index contributed by atoms with van der Waals surface area (Å²) >= 11 is 6.05. The Balaban J connectivity index is 1.38. The molecular weight excluding hydrogens is 452 g/mol. The van der Waals surface area contributed by atoms with Gasteiger partial charge in [-0.15, -0.1) is 0 Å². The summed E-state index contributed by atoms with van der Waals surface area (Å²) in [6, 6.07) is 9.74. The number of halogens is 1. The Kier molecular flexibility index (Phi) is 6.69. The molecule has 3 aromatic heterocycles. The Bertz CT molecular complexity index is 1330. The average molecular weight is 479 g/mol. The molecule has 0 aliphatic carbocycles. The zero-order valence-corrected chi connectivity index (χ0v) is 19.9. The molecule has 4 heterocycles. The molecule has 34 heavy (non-hydrogen) atoms. The summed E-state index contributed by atoms with van der Waals surface area (Å²) in [5.74, 6) is 1.41. The Morgan fingerprint density at radius 1 is 1.18 bits per heavy atom. The zero-order valence-electron chi connectivity index (χ0n) is 19.2. The number of benzene rings is 1. The van der Waals surface area contributed by atoms with E-state index in [0.717, 1.165) is 54.8 Å². The average Bonchev–Trinajstić information content (AvgIpc) is 3.51. The molecule has 8 nitrogen and oxygen atoms in total. The lowest BCUT2D eigenvalue weighted by molar-refractivity contribution is 0.219. The highest BCUT2D eigenvalue weighted by molar-refractivity contribution is 6.30. The second-order valence-corrected chi connectivity index (χ2v) is 9.13. The van der Waals surface area contributed by atoms with Crippen molar-refractivity contribution in [3.05, 3.63) is 81.1 Å². The third-order valence-electron chi connectivity index (χ3n) is 6.45. The van der Waals surface area contributed by atoms with E-state index in [1.54, 1.807) is 23.1 Å². The van der Waals surface area contributed by atoms with Gasteiger partial charge in [0, 0.05) is 54.7 Å². The predicted octanol–water partition coefficient (Wildman–Crippen LogP) is 3.69. The minimum absolute atomic E-state index is 0.0754. The summed E-state index contributed by atoms with van der Waals surface area (Å²) in [5.41, 5.74) is 1.85. The quantitative estimate of drug-likeness (QED) is 0.381. The fourth-order valence-corrected chi connectivity index (χ4v) is 4.74. The summed E-state index contributed by atoms with van der Waals surface area (Å²) in [4.78, 5) is 24.3. The van der Waals surface area contributed by atoms with Crippen molar-refractivity contribution in [1.29, 1.82) is 0 Å². The van der Waals surface area contributed by atoms with Crippen molar-refractivity contribution in [3.63, 3.8) is 0 Å². The first-order valence-electron chi connectivity index (χ1n) is 11.7. The van der Waals surface area contributed by atoms with Crippen LogP contribution in [0.5, 0.6) is 0 Å². The maximum atomic E-state index is 13.3. The van der Waals surface area contributed by atoms with Crippen LogP contribution >= 0.6 is 11.6 Å². The van der Waals surface area contributed by atoms with Crippen LogP contribution in [0.4, 0.5) is 0 Å². The van der Waals surface area contributed by atoms with Gasteiger partial charge in [-0.25, -0.2) is 4.68 Å². The maximum absolute atomic E-state index is 13.3. The topological polar surface area (TPSA) is 89.9 Å². The van der Waals surface area contributed by atoms with Crippen molar-refractivity contribution in [2.75, 3.05) is 13.1 Å². The van der Waals surface area contributed by atoms with Crippen molar-refractivity contribution >= 4 is 22.4 Å². The van der Waals surface area contributed by atoms with Gasteiger partial charge in [-0.05, 0) is 43.1 Å². The highest BCUT2D eigenvalue weighted by Crippen LogP contribution is 2.21. The summed E-state index contributed by atoms with van der Waals surface area (Å²) in [5, 5.41) is 10.9. The van der Waals surface area contributed by atoms with Gasteiger partial charge in [0.05, 0.1) is 17.6 Å². The molecule has 1 aliphatic rings. The normalized spacial score (nSPS) is 16.5. The van der Waals surface area contributed by atoms with Crippen molar-refractivity contribution < 1.29 is 4.52 Å². The molecule has 0 radical (unpaired) electrons.